The molecule has 1 heterocycles. The van der Waals surface area contributed by atoms with Crippen molar-refractivity contribution >= 4 is 5.82 Å². The van der Waals surface area contributed by atoms with E-state index in [9.17, 15) is 0 Å². The summed E-state index contributed by atoms with van der Waals surface area (Å²) in [6, 6.07) is 7.57. The zero-order chi connectivity index (χ0) is 13.7. The molecule has 19 heavy (non-hydrogen) atoms. The van der Waals surface area contributed by atoms with Gasteiger partial charge in [0, 0.05) is 5.56 Å². The minimum absolute atomic E-state index is 0.195. The van der Waals surface area contributed by atoms with Crippen molar-refractivity contribution in [1.29, 1.82) is 0 Å². The number of anilines is 1. The van der Waals surface area contributed by atoms with Gasteiger partial charge in [0.2, 0.25) is 0 Å². The van der Waals surface area contributed by atoms with Gasteiger partial charge < -0.3 is 10.5 Å². The van der Waals surface area contributed by atoms with Crippen LogP contribution in [-0.2, 0) is 0 Å². The number of aromatic amines is 1. The van der Waals surface area contributed by atoms with Gasteiger partial charge in [-0.15, -0.1) is 0 Å². The number of nitrogens with two attached hydrogens (primary N) is 2. The monoisotopic (exact) mass is 261 g/mol. The number of benzene rings is 1. The van der Waals surface area contributed by atoms with E-state index in [1.807, 2.05) is 24.3 Å². The lowest BCUT2D eigenvalue weighted by Gasteiger charge is -2.16. The van der Waals surface area contributed by atoms with Crippen molar-refractivity contribution in [3.63, 3.8) is 0 Å². The summed E-state index contributed by atoms with van der Waals surface area (Å²) in [7, 11) is 0. The van der Waals surface area contributed by atoms with Crippen LogP contribution in [0.25, 0.3) is 0 Å². The quantitative estimate of drug-likeness (QED) is 0.464. The largest absolute Gasteiger partial charge is 0.494 e. The minimum atomic E-state index is -0.195. The first-order valence-corrected chi connectivity index (χ1v) is 6.24. The van der Waals surface area contributed by atoms with Crippen LogP contribution in [0.1, 0.15) is 30.5 Å². The number of hydrogen-bond donors (Lipinski definition) is 4. The Morgan fingerprint density at radius 3 is 2.63 bits per heavy atom. The van der Waals surface area contributed by atoms with Crippen molar-refractivity contribution in [2.75, 3.05) is 12.3 Å². The Morgan fingerprint density at radius 2 is 2.11 bits per heavy atom. The molecule has 0 saturated carbocycles. The number of H-pyrrole nitrogens is 1. The molecule has 0 aliphatic heterocycles. The van der Waals surface area contributed by atoms with Crippen molar-refractivity contribution in [2.24, 2.45) is 5.84 Å². The van der Waals surface area contributed by atoms with Gasteiger partial charge >= 0.3 is 0 Å². The summed E-state index contributed by atoms with van der Waals surface area (Å²) >= 11 is 0. The molecule has 1 unspecified atom stereocenters. The molecular formula is C13H19N5O. The lowest BCUT2D eigenvalue weighted by molar-refractivity contribution is 0.317. The summed E-state index contributed by atoms with van der Waals surface area (Å²) in [6.07, 6.45) is 2.65. The maximum absolute atomic E-state index is 5.81. The normalized spacial score (nSPS) is 12.3. The molecule has 0 amide bonds. The fraction of sp³-hybridized carbons (Fsp3) is 0.308. The van der Waals surface area contributed by atoms with Gasteiger partial charge in [0.15, 0.2) is 0 Å². The van der Waals surface area contributed by atoms with Crippen molar-refractivity contribution in [1.82, 2.24) is 15.6 Å². The summed E-state index contributed by atoms with van der Waals surface area (Å²) in [5.74, 6) is 6.96. The van der Waals surface area contributed by atoms with E-state index >= 15 is 0 Å². The summed E-state index contributed by atoms with van der Waals surface area (Å²) in [5, 5.41) is 6.60. The van der Waals surface area contributed by atoms with E-state index in [0.717, 1.165) is 23.3 Å². The van der Waals surface area contributed by atoms with Crippen molar-refractivity contribution < 1.29 is 4.74 Å². The standard InChI is InChI=1S/C13H19N5O/c1-2-7-19-10-5-3-9(4-6-10)12(17-15)11-8-16-18-13(11)14/h3-6,8,12,17H,2,7,15H2,1H3,(H3,14,16,18). The van der Waals surface area contributed by atoms with Crippen molar-refractivity contribution in [3.05, 3.63) is 41.6 Å². The molecule has 6 heteroatoms. The van der Waals surface area contributed by atoms with Crippen LogP contribution < -0.4 is 21.7 Å². The number of hydrazine groups is 1. The molecule has 0 aliphatic carbocycles. The first kappa shape index (κ1) is 13.4. The minimum Gasteiger partial charge on any atom is -0.494 e. The maximum atomic E-state index is 5.81. The van der Waals surface area contributed by atoms with Gasteiger partial charge in [-0.2, -0.15) is 5.10 Å². The average molecular weight is 261 g/mol. The molecule has 0 aliphatic rings. The highest BCUT2D eigenvalue weighted by molar-refractivity contribution is 5.45. The molecule has 1 atom stereocenters. The third kappa shape index (κ3) is 3.04. The second-order valence-electron chi connectivity index (χ2n) is 4.26. The molecule has 0 saturated heterocycles. The molecule has 102 valence electrons. The highest BCUT2D eigenvalue weighted by Crippen LogP contribution is 2.26. The van der Waals surface area contributed by atoms with Crippen LogP contribution in [-0.4, -0.2) is 16.8 Å². The van der Waals surface area contributed by atoms with E-state index in [1.165, 1.54) is 0 Å². The molecule has 0 radical (unpaired) electrons. The summed E-state index contributed by atoms with van der Waals surface area (Å²) in [5.41, 5.74) is 10.4. The van der Waals surface area contributed by atoms with E-state index in [2.05, 4.69) is 22.5 Å². The fourth-order valence-electron chi connectivity index (χ4n) is 1.88. The third-order valence-electron chi connectivity index (χ3n) is 2.86. The number of nitrogens with one attached hydrogen (secondary N) is 2. The number of aromatic nitrogens is 2. The Balaban J connectivity index is 2.18. The van der Waals surface area contributed by atoms with E-state index in [1.54, 1.807) is 6.20 Å². The zero-order valence-corrected chi connectivity index (χ0v) is 10.9. The third-order valence-corrected chi connectivity index (χ3v) is 2.86. The summed E-state index contributed by atoms with van der Waals surface area (Å²) in [6.45, 7) is 2.79. The average Bonchev–Trinajstić information content (AvgIpc) is 2.85. The number of hydrogen-bond acceptors (Lipinski definition) is 5. The summed E-state index contributed by atoms with van der Waals surface area (Å²) < 4.78 is 5.54. The molecule has 0 bridgehead atoms. The van der Waals surface area contributed by atoms with Crippen LogP contribution in [0.5, 0.6) is 5.75 Å². The van der Waals surface area contributed by atoms with E-state index in [-0.39, 0.29) is 6.04 Å². The lowest BCUT2D eigenvalue weighted by Crippen LogP contribution is -2.29. The fourth-order valence-corrected chi connectivity index (χ4v) is 1.88. The Hall–Kier alpha value is -2.05. The van der Waals surface area contributed by atoms with Crippen LogP contribution >= 0.6 is 0 Å². The molecular weight excluding hydrogens is 242 g/mol. The smallest absolute Gasteiger partial charge is 0.124 e. The molecule has 2 aromatic rings. The molecule has 2 rings (SSSR count). The van der Waals surface area contributed by atoms with Gasteiger partial charge in [-0.05, 0) is 24.1 Å². The van der Waals surface area contributed by atoms with Crippen molar-refractivity contribution in [3.8, 4) is 5.75 Å². The topological polar surface area (TPSA) is 102 Å². The van der Waals surface area contributed by atoms with E-state index in [4.69, 9.17) is 16.3 Å². The molecule has 0 fully saturated rings. The Morgan fingerprint density at radius 1 is 1.37 bits per heavy atom. The second kappa shape index (κ2) is 6.21. The van der Waals surface area contributed by atoms with Crippen LogP contribution in [0.4, 0.5) is 5.82 Å². The van der Waals surface area contributed by atoms with Crippen LogP contribution in [0, 0.1) is 0 Å². The molecule has 1 aromatic heterocycles. The number of nitrogens with zero attached hydrogens (tertiary/aromatic N) is 1. The van der Waals surface area contributed by atoms with Crippen LogP contribution in [0.3, 0.4) is 0 Å². The molecule has 6 N–H and O–H groups in total. The van der Waals surface area contributed by atoms with Gasteiger partial charge in [-0.3, -0.25) is 10.9 Å². The Labute approximate surface area is 112 Å². The Kier molecular flexibility index (Phi) is 4.38. The van der Waals surface area contributed by atoms with E-state index < -0.39 is 0 Å². The highest BCUT2D eigenvalue weighted by Gasteiger charge is 2.16. The van der Waals surface area contributed by atoms with Gasteiger partial charge in [-0.1, -0.05) is 19.1 Å². The molecule has 0 spiro atoms. The van der Waals surface area contributed by atoms with Gasteiger partial charge in [0.05, 0.1) is 18.8 Å². The zero-order valence-electron chi connectivity index (χ0n) is 10.9. The van der Waals surface area contributed by atoms with E-state index in [0.29, 0.717) is 12.4 Å². The van der Waals surface area contributed by atoms with Crippen LogP contribution in [0.15, 0.2) is 30.5 Å². The second-order valence-corrected chi connectivity index (χ2v) is 4.26. The first-order chi connectivity index (χ1) is 9.26. The van der Waals surface area contributed by atoms with Crippen molar-refractivity contribution in [2.45, 2.75) is 19.4 Å². The van der Waals surface area contributed by atoms with Gasteiger partial charge in [-0.25, -0.2) is 5.43 Å². The predicted octanol–water partition coefficient (Wildman–Crippen LogP) is 1.33. The SMILES string of the molecule is CCCOc1ccc(C(NN)c2cn[nH]c2N)cc1. The number of nitrogen functional groups attached to an aromatic ring is 1. The molecule has 6 nitrogen and oxygen atoms in total. The number of ether oxygens (including phenoxy) is 1. The van der Waals surface area contributed by atoms with Crippen LogP contribution in [0.2, 0.25) is 0 Å². The molecule has 1 aromatic carbocycles. The first-order valence-electron chi connectivity index (χ1n) is 6.24. The lowest BCUT2D eigenvalue weighted by atomic mass is 10.0. The number of rotatable bonds is 6. The van der Waals surface area contributed by atoms with Gasteiger partial charge in [0.25, 0.3) is 0 Å². The predicted molar refractivity (Wildman–Crippen MR) is 74.4 cm³/mol. The maximum Gasteiger partial charge on any atom is 0.124 e. The highest BCUT2D eigenvalue weighted by atomic mass is 16.5. The summed E-state index contributed by atoms with van der Waals surface area (Å²) in [4.78, 5) is 0. The van der Waals surface area contributed by atoms with Gasteiger partial charge in [0.1, 0.15) is 11.6 Å². The Bertz CT molecular complexity index is 508.